The SMILES string of the molecule is O=S(Oc1ccc(Cl)cc1)OS(=O)c1ccc(Cl)cc1. The minimum atomic E-state index is -2.19. The summed E-state index contributed by atoms with van der Waals surface area (Å²) in [6, 6.07) is 12.3. The average molecular weight is 351 g/mol. The summed E-state index contributed by atoms with van der Waals surface area (Å²) in [6.07, 6.45) is 0. The normalized spacial score (nSPS) is 13.7. The van der Waals surface area contributed by atoms with Crippen molar-refractivity contribution in [2.75, 3.05) is 0 Å². The second kappa shape index (κ2) is 7.19. The highest BCUT2D eigenvalue weighted by Gasteiger charge is 2.12. The Labute approximate surface area is 131 Å². The predicted molar refractivity (Wildman–Crippen MR) is 79.2 cm³/mol. The van der Waals surface area contributed by atoms with Gasteiger partial charge in [-0.05, 0) is 48.5 Å². The van der Waals surface area contributed by atoms with Crippen LogP contribution in [-0.4, -0.2) is 8.42 Å². The van der Waals surface area contributed by atoms with Gasteiger partial charge in [-0.2, -0.15) is 7.84 Å². The molecule has 0 amide bonds. The van der Waals surface area contributed by atoms with Gasteiger partial charge in [0.25, 0.3) is 0 Å². The van der Waals surface area contributed by atoms with Crippen molar-refractivity contribution < 1.29 is 16.2 Å². The summed E-state index contributed by atoms with van der Waals surface area (Å²) < 4.78 is 33.0. The molecule has 106 valence electrons. The van der Waals surface area contributed by atoms with Crippen LogP contribution >= 0.6 is 23.2 Å². The first-order chi connectivity index (χ1) is 9.54. The lowest BCUT2D eigenvalue weighted by molar-refractivity contribution is 0.473. The van der Waals surface area contributed by atoms with Crippen molar-refractivity contribution in [2.45, 2.75) is 4.90 Å². The molecule has 0 heterocycles. The van der Waals surface area contributed by atoms with Gasteiger partial charge in [-0.15, -0.1) is 0 Å². The molecule has 0 saturated heterocycles. The largest absolute Gasteiger partial charge is 0.379 e. The fourth-order valence-corrected chi connectivity index (χ4v) is 2.93. The molecule has 4 nitrogen and oxygen atoms in total. The van der Waals surface area contributed by atoms with Gasteiger partial charge >= 0.3 is 11.4 Å². The maximum atomic E-state index is 11.8. The summed E-state index contributed by atoms with van der Waals surface area (Å²) in [4.78, 5) is 0.336. The zero-order valence-electron chi connectivity index (χ0n) is 9.82. The van der Waals surface area contributed by atoms with Gasteiger partial charge in [-0.25, -0.2) is 4.21 Å². The van der Waals surface area contributed by atoms with Gasteiger partial charge < -0.3 is 4.18 Å². The van der Waals surface area contributed by atoms with Crippen LogP contribution in [0.4, 0.5) is 0 Å². The first-order valence-electron chi connectivity index (χ1n) is 5.26. The molecule has 20 heavy (non-hydrogen) atoms. The van der Waals surface area contributed by atoms with Crippen molar-refractivity contribution in [2.24, 2.45) is 0 Å². The van der Waals surface area contributed by atoms with E-state index in [1.807, 2.05) is 0 Å². The molecule has 0 spiro atoms. The predicted octanol–water partition coefficient (Wildman–Crippen LogP) is 3.69. The maximum absolute atomic E-state index is 11.8. The molecule has 0 aromatic heterocycles. The summed E-state index contributed by atoms with van der Waals surface area (Å²) >= 11 is 7.31. The van der Waals surface area contributed by atoms with Crippen molar-refractivity contribution in [1.82, 2.24) is 0 Å². The second-order valence-corrected chi connectivity index (χ2v) is 6.43. The van der Waals surface area contributed by atoms with Crippen LogP contribution in [0.25, 0.3) is 0 Å². The van der Waals surface area contributed by atoms with Crippen molar-refractivity contribution in [1.29, 1.82) is 0 Å². The lowest BCUT2D eigenvalue weighted by atomic mass is 10.3. The molecule has 2 unspecified atom stereocenters. The number of rotatable bonds is 5. The molecular weight excluding hydrogens is 343 g/mol. The lowest BCUT2D eigenvalue weighted by Gasteiger charge is -2.04. The summed E-state index contributed by atoms with van der Waals surface area (Å²) in [5, 5.41) is 1.03. The zero-order chi connectivity index (χ0) is 14.5. The highest BCUT2D eigenvalue weighted by Crippen LogP contribution is 2.18. The smallest absolute Gasteiger partial charge is 0.374 e. The lowest BCUT2D eigenvalue weighted by Crippen LogP contribution is -2.07. The second-order valence-electron chi connectivity index (χ2n) is 3.50. The highest BCUT2D eigenvalue weighted by atomic mass is 35.5. The van der Waals surface area contributed by atoms with Gasteiger partial charge in [0, 0.05) is 10.0 Å². The first kappa shape index (κ1) is 15.5. The molecular formula is C12H8Cl2O4S2. The van der Waals surface area contributed by atoms with Crippen LogP contribution < -0.4 is 4.18 Å². The van der Waals surface area contributed by atoms with Gasteiger partial charge in [-0.1, -0.05) is 23.2 Å². The van der Waals surface area contributed by atoms with E-state index >= 15 is 0 Å². The molecule has 2 aromatic rings. The topological polar surface area (TPSA) is 52.6 Å². The van der Waals surface area contributed by atoms with E-state index in [0.717, 1.165) is 0 Å². The Morgan fingerprint density at radius 1 is 0.800 bits per heavy atom. The number of hydrogen-bond acceptors (Lipinski definition) is 4. The standard InChI is InChI=1S/C12H8Cl2O4S2/c13-9-1-5-11(6-2-9)17-20(16)18-19(15)12-7-3-10(14)4-8-12/h1-8H. The molecule has 0 N–H and O–H groups in total. The van der Waals surface area contributed by atoms with Crippen LogP contribution in [0.1, 0.15) is 0 Å². The van der Waals surface area contributed by atoms with Crippen LogP contribution in [-0.2, 0) is 26.1 Å². The van der Waals surface area contributed by atoms with Gasteiger partial charge in [0.1, 0.15) is 5.75 Å². The number of hydrogen-bond donors (Lipinski definition) is 0. The van der Waals surface area contributed by atoms with Gasteiger partial charge in [0.15, 0.2) is 0 Å². The fraction of sp³-hybridized carbons (Fsp3) is 0. The van der Waals surface area contributed by atoms with Gasteiger partial charge in [0.05, 0.1) is 4.90 Å². The summed E-state index contributed by atoms with van der Waals surface area (Å²) in [7, 11) is 0. The Morgan fingerprint density at radius 2 is 1.30 bits per heavy atom. The molecule has 0 saturated carbocycles. The van der Waals surface area contributed by atoms with Crippen LogP contribution in [0.2, 0.25) is 10.0 Å². The van der Waals surface area contributed by atoms with E-state index in [2.05, 4.69) is 0 Å². The van der Waals surface area contributed by atoms with Gasteiger partial charge in [-0.3, -0.25) is 0 Å². The van der Waals surface area contributed by atoms with E-state index in [1.54, 1.807) is 24.3 Å². The van der Waals surface area contributed by atoms with Crippen LogP contribution in [0.15, 0.2) is 53.4 Å². The Kier molecular flexibility index (Phi) is 5.56. The molecule has 8 heteroatoms. The molecule has 2 rings (SSSR count). The van der Waals surface area contributed by atoms with E-state index in [9.17, 15) is 8.42 Å². The third kappa shape index (κ3) is 4.57. The Hall–Kier alpha value is -0.920. The summed E-state index contributed by atoms with van der Waals surface area (Å²) in [5.74, 6) is 0.292. The highest BCUT2D eigenvalue weighted by molar-refractivity contribution is 7.91. The van der Waals surface area contributed by atoms with E-state index < -0.39 is 22.4 Å². The Bertz CT molecular complexity index is 629. The molecule has 0 bridgehead atoms. The molecule has 2 atom stereocenters. The summed E-state index contributed by atoms with van der Waals surface area (Å²) in [5.41, 5.74) is 0. The fourth-order valence-electron chi connectivity index (χ4n) is 1.22. The Balaban J connectivity index is 1.95. The molecule has 0 aliphatic carbocycles. The van der Waals surface area contributed by atoms with Crippen molar-refractivity contribution in [3.05, 3.63) is 58.6 Å². The van der Waals surface area contributed by atoms with Gasteiger partial charge in [0.2, 0.25) is 11.1 Å². The minimum absolute atomic E-state index is 0.292. The third-order valence-corrected chi connectivity index (χ3v) is 4.53. The maximum Gasteiger partial charge on any atom is 0.374 e. The van der Waals surface area contributed by atoms with Crippen molar-refractivity contribution >= 4 is 45.6 Å². The summed E-state index contributed by atoms with van der Waals surface area (Å²) in [6.45, 7) is 0. The van der Waals surface area contributed by atoms with E-state index in [4.69, 9.17) is 31.0 Å². The minimum Gasteiger partial charge on any atom is -0.379 e. The van der Waals surface area contributed by atoms with Crippen LogP contribution in [0, 0.1) is 0 Å². The zero-order valence-corrected chi connectivity index (χ0v) is 13.0. The molecule has 0 aliphatic rings. The quantitative estimate of drug-likeness (QED) is 0.824. The third-order valence-electron chi connectivity index (χ3n) is 2.10. The van der Waals surface area contributed by atoms with Crippen LogP contribution in [0.5, 0.6) is 5.75 Å². The van der Waals surface area contributed by atoms with E-state index in [0.29, 0.717) is 20.7 Å². The van der Waals surface area contributed by atoms with E-state index in [1.165, 1.54) is 24.3 Å². The molecule has 2 aromatic carbocycles. The first-order valence-corrected chi connectivity index (χ1v) is 8.09. The van der Waals surface area contributed by atoms with Crippen molar-refractivity contribution in [3.8, 4) is 5.75 Å². The number of benzene rings is 2. The monoisotopic (exact) mass is 350 g/mol. The Morgan fingerprint density at radius 3 is 1.85 bits per heavy atom. The number of halogens is 2. The molecule has 0 fully saturated rings. The van der Waals surface area contributed by atoms with Crippen molar-refractivity contribution in [3.63, 3.8) is 0 Å². The van der Waals surface area contributed by atoms with E-state index in [-0.39, 0.29) is 0 Å². The average Bonchev–Trinajstić information content (AvgIpc) is 2.42. The van der Waals surface area contributed by atoms with Crippen LogP contribution in [0.3, 0.4) is 0 Å². The molecule has 0 aliphatic heterocycles. The molecule has 0 radical (unpaired) electrons.